The molecule has 0 spiro atoms. The molecule has 0 saturated carbocycles. The van der Waals surface area contributed by atoms with E-state index in [1.54, 1.807) is 19.2 Å². The van der Waals surface area contributed by atoms with E-state index in [-0.39, 0.29) is 17.2 Å². The molecule has 0 radical (unpaired) electrons. The molecule has 166 valence electrons. The quantitative estimate of drug-likeness (QED) is 0.355. The van der Waals surface area contributed by atoms with Crippen molar-refractivity contribution in [2.24, 2.45) is 5.92 Å². The normalized spacial score (nSPS) is 14.9. The maximum Gasteiger partial charge on any atom is 0.293 e. The fourth-order valence-corrected chi connectivity index (χ4v) is 3.64. The Kier molecular flexibility index (Phi) is 7.97. The van der Waals surface area contributed by atoms with Crippen LogP contribution in [0.5, 0.6) is 0 Å². The number of ether oxygens (including phenoxy) is 1. The average molecular weight is 427 g/mol. The van der Waals surface area contributed by atoms with E-state index in [1.165, 1.54) is 24.5 Å². The third-order valence-electron chi connectivity index (χ3n) is 5.57. The zero-order chi connectivity index (χ0) is 22.2. The zero-order valence-electron chi connectivity index (χ0n) is 18.1. The molecule has 0 unspecified atom stereocenters. The second kappa shape index (κ2) is 10.9. The number of nitro benzene ring substituents is 1. The molecule has 1 fully saturated rings. The van der Waals surface area contributed by atoms with Gasteiger partial charge < -0.3 is 15.4 Å². The van der Waals surface area contributed by atoms with Crippen molar-refractivity contribution in [2.75, 3.05) is 44.0 Å². The van der Waals surface area contributed by atoms with Crippen LogP contribution in [0.2, 0.25) is 0 Å². The van der Waals surface area contributed by atoms with Crippen molar-refractivity contribution in [1.29, 1.82) is 0 Å². The van der Waals surface area contributed by atoms with Crippen LogP contribution < -0.4 is 10.6 Å². The van der Waals surface area contributed by atoms with Crippen LogP contribution in [0.15, 0.2) is 42.5 Å². The van der Waals surface area contributed by atoms with E-state index in [0.717, 1.165) is 25.6 Å². The summed E-state index contributed by atoms with van der Waals surface area (Å²) in [6.07, 6.45) is 2.47. The highest BCUT2D eigenvalue weighted by Crippen LogP contribution is 2.26. The van der Waals surface area contributed by atoms with E-state index < -0.39 is 4.92 Å². The van der Waals surface area contributed by atoms with Crippen LogP contribution in [0.25, 0.3) is 0 Å². The Balaban J connectivity index is 1.61. The van der Waals surface area contributed by atoms with Gasteiger partial charge in [-0.25, -0.2) is 0 Å². The molecule has 0 bridgehead atoms. The third kappa shape index (κ3) is 6.50. The van der Waals surface area contributed by atoms with Crippen molar-refractivity contribution in [2.45, 2.75) is 26.3 Å². The number of anilines is 2. The Morgan fingerprint density at radius 2 is 1.90 bits per heavy atom. The first-order valence-corrected chi connectivity index (χ1v) is 10.6. The Morgan fingerprint density at radius 1 is 1.19 bits per heavy atom. The van der Waals surface area contributed by atoms with Crippen LogP contribution in [0.4, 0.5) is 17.1 Å². The van der Waals surface area contributed by atoms with Crippen LogP contribution in [0, 0.1) is 16.0 Å². The molecule has 3 rings (SSSR count). The first-order valence-electron chi connectivity index (χ1n) is 10.6. The van der Waals surface area contributed by atoms with Gasteiger partial charge >= 0.3 is 0 Å². The fraction of sp³-hybridized carbons (Fsp3) is 0.435. The Labute approximate surface area is 182 Å². The molecule has 1 amide bonds. The van der Waals surface area contributed by atoms with Crippen molar-refractivity contribution < 1.29 is 14.5 Å². The minimum Gasteiger partial charge on any atom is -0.383 e. The summed E-state index contributed by atoms with van der Waals surface area (Å²) in [4.78, 5) is 26.0. The van der Waals surface area contributed by atoms with Crippen molar-refractivity contribution in [3.8, 4) is 0 Å². The fourth-order valence-electron chi connectivity index (χ4n) is 3.64. The number of hydrogen-bond acceptors (Lipinski definition) is 6. The summed E-state index contributed by atoms with van der Waals surface area (Å²) >= 11 is 0. The number of likely N-dealkylation sites (tertiary alicyclic amines) is 1. The number of nitro groups is 1. The molecule has 2 aromatic rings. The molecule has 0 aromatic heterocycles. The van der Waals surface area contributed by atoms with Crippen molar-refractivity contribution in [1.82, 2.24) is 4.90 Å². The number of rotatable bonds is 9. The molecule has 0 aliphatic carbocycles. The molecule has 1 heterocycles. The summed E-state index contributed by atoms with van der Waals surface area (Å²) in [5.74, 6) is 0.421. The first kappa shape index (κ1) is 22.7. The van der Waals surface area contributed by atoms with Gasteiger partial charge in [0, 0.05) is 37.5 Å². The van der Waals surface area contributed by atoms with Crippen molar-refractivity contribution >= 4 is 23.0 Å². The molecule has 2 N–H and O–H groups in total. The lowest BCUT2D eigenvalue weighted by atomic mass is 9.99. The van der Waals surface area contributed by atoms with Crippen molar-refractivity contribution in [3.63, 3.8) is 0 Å². The van der Waals surface area contributed by atoms with Crippen LogP contribution in [0.3, 0.4) is 0 Å². The summed E-state index contributed by atoms with van der Waals surface area (Å²) in [5, 5.41) is 17.2. The van der Waals surface area contributed by atoms with Gasteiger partial charge in [0.2, 0.25) is 0 Å². The van der Waals surface area contributed by atoms with Gasteiger partial charge in [-0.3, -0.25) is 19.8 Å². The predicted molar refractivity (Wildman–Crippen MR) is 122 cm³/mol. The van der Waals surface area contributed by atoms with E-state index in [0.29, 0.717) is 24.5 Å². The number of carbonyl (C=O) groups is 1. The minimum absolute atomic E-state index is 0.144. The van der Waals surface area contributed by atoms with Gasteiger partial charge in [0.1, 0.15) is 5.69 Å². The molecule has 2 aromatic carbocycles. The highest BCUT2D eigenvalue weighted by molar-refractivity contribution is 6.05. The number of carbonyl (C=O) groups excluding carboxylic acids is 1. The van der Waals surface area contributed by atoms with Gasteiger partial charge in [-0.05, 0) is 61.7 Å². The number of piperidine rings is 1. The van der Waals surface area contributed by atoms with Gasteiger partial charge in [-0.15, -0.1) is 0 Å². The maximum absolute atomic E-state index is 12.6. The number of methoxy groups -OCH3 is 1. The lowest BCUT2D eigenvalue weighted by molar-refractivity contribution is -0.384. The highest BCUT2D eigenvalue weighted by Gasteiger charge is 2.18. The Hall–Kier alpha value is -2.97. The second-order valence-electron chi connectivity index (χ2n) is 8.02. The summed E-state index contributed by atoms with van der Waals surface area (Å²) in [6, 6.07) is 12.2. The highest BCUT2D eigenvalue weighted by atomic mass is 16.6. The summed E-state index contributed by atoms with van der Waals surface area (Å²) in [6.45, 7) is 6.31. The standard InChI is InChI=1S/C23H30N4O4/c1-17-9-12-26(13-10-17)16-18-3-6-20(7-4-18)25-23(28)19-5-8-21(24-11-14-31-2)22(15-19)27(29)30/h3-8,15,17,24H,9-14,16H2,1-2H3,(H,25,28). The Bertz CT molecular complexity index is 893. The number of benzene rings is 2. The van der Waals surface area contributed by atoms with E-state index in [9.17, 15) is 14.9 Å². The van der Waals surface area contributed by atoms with Gasteiger partial charge in [0.15, 0.2) is 0 Å². The molecule has 31 heavy (non-hydrogen) atoms. The molecule has 1 aliphatic rings. The molecular weight excluding hydrogens is 396 g/mol. The number of amides is 1. The van der Waals surface area contributed by atoms with E-state index in [2.05, 4.69) is 22.5 Å². The van der Waals surface area contributed by atoms with Crippen LogP contribution in [-0.4, -0.2) is 49.1 Å². The lowest BCUT2D eigenvalue weighted by Gasteiger charge is -2.30. The topological polar surface area (TPSA) is 96.7 Å². The average Bonchev–Trinajstić information content (AvgIpc) is 2.77. The number of hydrogen-bond donors (Lipinski definition) is 2. The summed E-state index contributed by atoms with van der Waals surface area (Å²) in [7, 11) is 1.56. The van der Waals surface area contributed by atoms with Crippen LogP contribution >= 0.6 is 0 Å². The zero-order valence-corrected chi connectivity index (χ0v) is 18.1. The molecule has 1 aliphatic heterocycles. The van der Waals surface area contributed by atoms with Gasteiger partial charge in [0.05, 0.1) is 11.5 Å². The monoisotopic (exact) mass is 426 g/mol. The minimum atomic E-state index is -0.498. The molecule has 1 saturated heterocycles. The SMILES string of the molecule is COCCNc1ccc(C(=O)Nc2ccc(CN3CCC(C)CC3)cc2)cc1[N+](=O)[O-]. The van der Waals surface area contributed by atoms with Gasteiger partial charge in [-0.1, -0.05) is 19.1 Å². The summed E-state index contributed by atoms with van der Waals surface area (Å²) in [5.41, 5.74) is 2.31. The number of nitrogens with one attached hydrogen (secondary N) is 2. The first-order chi connectivity index (χ1) is 15.0. The maximum atomic E-state index is 12.6. The van der Waals surface area contributed by atoms with Crippen molar-refractivity contribution in [3.05, 3.63) is 63.7 Å². The van der Waals surface area contributed by atoms with E-state index in [4.69, 9.17) is 4.74 Å². The lowest BCUT2D eigenvalue weighted by Crippen LogP contribution is -2.32. The van der Waals surface area contributed by atoms with Crippen LogP contribution in [-0.2, 0) is 11.3 Å². The molecule has 0 atom stereocenters. The van der Waals surface area contributed by atoms with Gasteiger partial charge in [0.25, 0.3) is 11.6 Å². The number of nitrogens with zero attached hydrogens (tertiary/aromatic N) is 2. The van der Waals surface area contributed by atoms with Gasteiger partial charge in [-0.2, -0.15) is 0 Å². The largest absolute Gasteiger partial charge is 0.383 e. The molecular formula is C23H30N4O4. The summed E-state index contributed by atoms with van der Waals surface area (Å²) < 4.78 is 4.95. The molecule has 8 nitrogen and oxygen atoms in total. The molecule has 8 heteroatoms. The smallest absolute Gasteiger partial charge is 0.293 e. The third-order valence-corrected chi connectivity index (χ3v) is 5.57. The van der Waals surface area contributed by atoms with E-state index in [1.807, 2.05) is 24.3 Å². The van der Waals surface area contributed by atoms with Crippen LogP contribution in [0.1, 0.15) is 35.7 Å². The predicted octanol–water partition coefficient (Wildman–Crippen LogP) is 4.14. The Morgan fingerprint density at radius 3 is 2.55 bits per heavy atom. The van der Waals surface area contributed by atoms with E-state index >= 15 is 0 Å². The second-order valence-corrected chi connectivity index (χ2v) is 8.02.